The Labute approximate surface area is 131 Å². The number of nitrogens with zero attached hydrogens (tertiary/aromatic N) is 3. The van der Waals surface area contributed by atoms with Gasteiger partial charge in [0.05, 0.1) is 18.1 Å². The summed E-state index contributed by atoms with van der Waals surface area (Å²) in [6.45, 7) is 1.87. The number of hydrogen-bond donors (Lipinski definition) is 0. The average Bonchev–Trinajstić information content (AvgIpc) is 2.91. The SMILES string of the molecule is COc1cccc(-c2nc3ccccc3n2CCN(C)C)c1. The molecule has 1 aromatic heterocycles. The minimum atomic E-state index is 0.851. The van der Waals surface area contributed by atoms with Crippen LogP contribution >= 0.6 is 0 Å². The molecule has 0 aliphatic carbocycles. The Kier molecular flexibility index (Phi) is 4.11. The summed E-state index contributed by atoms with van der Waals surface area (Å²) in [7, 11) is 5.86. The number of imidazole rings is 1. The van der Waals surface area contributed by atoms with Crippen LogP contribution in [0.3, 0.4) is 0 Å². The fourth-order valence-corrected chi connectivity index (χ4v) is 2.58. The number of para-hydroxylation sites is 2. The van der Waals surface area contributed by atoms with E-state index >= 15 is 0 Å². The van der Waals surface area contributed by atoms with E-state index in [1.807, 2.05) is 24.3 Å². The van der Waals surface area contributed by atoms with Crippen molar-refractivity contribution in [3.63, 3.8) is 0 Å². The van der Waals surface area contributed by atoms with E-state index in [0.29, 0.717) is 0 Å². The Bertz CT molecular complexity index is 777. The van der Waals surface area contributed by atoms with Gasteiger partial charge < -0.3 is 14.2 Å². The molecule has 4 nitrogen and oxygen atoms in total. The predicted octanol–water partition coefficient (Wildman–Crippen LogP) is 3.27. The van der Waals surface area contributed by atoms with E-state index in [4.69, 9.17) is 9.72 Å². The second kappa shape index (κ2) is 6.20. The van der Waals surface area contributed by atoms with Crippen molar-refractivity contribution in [2.24, 2.45) is 0 Å². The number of hydrogen-bond acceptors (Lipinski definition) is 3. The van der Waals surface area contributed by atoms with Crippen LogP contribution in [0, 0.1) is 0 Å². The quantitative estimate of drug-likeness (QED) is 0.723. The van der Waals surface area contributed by atoms with Crippen molar-refractivity contribution < 1.29 is 4.74 Å². The van der Waals surface area contributed by atoms with Gasteiger partial charge in [-0.15, -0.1) is 0 Å². The zero-order valence-corrected chi connectivity index (χ0v) is 13.3. The summed E-state index contributed by atoms with van der Waals surface area (Å²) in [5.41, 5.74) is 3.27. The summed E-state index contributed by atoms with van der Waals surface area (Å²) in [5, 5.41) is 0. The maximum Gasteiger partial charge on any atom is 0.141 e. The summed E-state index contributed by atoms with van der Waals surface area (Å²) < 4.78 is 7.63. The van der Waals surface area contributed by atoms with Gasteiger partial charge in [0.15, 0.2) is 0 Å². The van der Waals surface area contributed by atoms with Crippen LogP contribution in [0.1, 0.15) is 0 Å². The lowest BCUT2D eigenvalue weighted by atomic mass is 10.2. The summed E-state index contributed by atoms with van der Waals surface area (Å²) in [4.78, 5) is 7.01. The third kappa shape index (κ3) is 2.83. The first-order chi connectivity index (χ1) is 10.7. The molecule has 4 heteroatoms. The third-order valence-corrected chi connectivity index (χ3v) is 3.75. The summed E-state index contributed by atoms with van der Waals surface area (Å²) in [5.74, 6) is 1.84. The van der Waals surface area contributed by atoms with Crippen molar-refractivity contribution in [3.05, 3.63) is 48.5 Å². The van der Waals surface area contributed by atoms with E-state index in [-0.39, 0.29) is 0 Å². The van der Waals surface area contributed by atoms with Gasteiger partial charge in [0, 0.05) is 18.7 Å². The molecule has 0 fully saturated rings. The topological polar surface area (TPSA) is 30.3 Å². The van der Waals surface area contributed by atoms with Gasteiger partial charge in [-0.05, 0) is 38.4 Å². The predicted molar refractivity (Wildman–Crippen MR) is 90.3 cm³/mol. The number of ether oxygens (including phenoxy) is 1. The lowest BCUT2D eigenvalue weighted by Crippen LogP contribution is -2.18. The third-order valence-electron chi connectivity index (χ3n) is 3.75. The summed E-state index contributed by atoms with van der Waals surface area (Å²) in [6, 6.07) is 16.3. The molecule has 3 aromatic rings. The second-order valence-corrected chi connectivity index (χ2v) is 5.61. The van der Waals surface area contributed by atoms with E-state index < -0.39 is 0 Å². The molecule has 0 aliphatic heterocycles. The highest BCUT2D eigenvalue weighted by molar-refractivity contribution is 5.80. The smallest absolute Gasteiger partial charge is 0.141 e. The standard InChI is InChI=1S/C18H21N3O/c1-20(2)11-12-21-17-10-5-4-9-16(17)19-18(21)14-7-6-8-15(13-14)22-3/h4-10,13H,11-12H2,1-3H3. The average molecular weight is 295 g/mol. The van der Waals surface area contributed by atoms with Gasteiger partial charge in [-0.2, -0.15) is 0 Å². The molecule has 114 valence electrons. The minimum Gasteiger partial charge on any atom is -0.497 e. The molecule has 0 radical (unpaired) electrons. The van der Waals surface area contributed by atoms with Gasteiger partial charge in [0.2, 0.25) is 0 Å². The Hall–Kier alpha value is -2.33. The second-order valence-electron chi connectivity index (χ2n) is 5.61. The molecule has 0 aliphatic rings. The fraction of sp³-hybridized carbons (Fsp3) is 0.278. The van der Waals surface area contributed by atoms with Crippen molar-refractivity contribution in [1.29, 1.82) is 0 Å². The molecule has 1 heterocycles. The monoisotopic (exact) mass is 295 g/mol. The number of rotatable bonds is 5. The molecular formula is C18H21N3O. The first kappa shape index (κ1) is 14.6. The van der Waals surface area contributed by atoms with E-state index in [9.17, 15) is 0 Å². The van der Waals surface area contributed by atoms with E-state index in [1.165, 1.54) is 5.52 Å². The van der Waals surface area contributed by atoms with Crippen LogP contribution < -0.4 is 4.74 Å². The summed E-state index contributed by atoms with van der Waals surface area (Å²) >= 11 is 0. The van der Waals surface area contributed by atoms with Crippen molar-refractivity contribution in [3.8, 4) is 17.1 Å². The van der Waals surface area contributed by atoms with E-state index in [0.717, 1.165) is 35.7 Å². The molecule has 3 rings (SSSR count). The van der Waals surface area contributed by atoms with Crippen LogP contribution in [-0.4, -0.2) is 42.2 Å². The lowest BCUT2D eigenvalue weighted by Gasteiger charge is -2.13. The number of benzene rings is 2. The molecule has 0 unspecified atom stereocenters. The van der Waals surface area contributed by atoms with Gasteiger partial charge in [-0.25, -0.2) is 4.98 Å². The highest BCUT2D eigenvalue weighted by Gasteiger charge is 2.12. The zero-order valence-electron chi connectivity index (χ0n) is 13.3. The Morgan fingerprint density at radius 1 is 1.09 bits per heavy atom. The van der Waals surface area contributed by atoms with Crippen LogP contribution in [0.15, 0.2) is 48.5 Å². The number of likely N-dealkylation sites (N-methyl/N-ethyl adjacent to an activating group) is 1. The molecular weight excluding hydrogens is 274 g/mol. The minimum absolute atomic E-state index is 0.851. The maximum absolute atomic E-state index is 5.34. The van der Waals surface area contributed by atoms with Crippen molar-refractivity contribution in [2.45, 2.75) is 6.54 Å². The highest BCUT2D eigenvalue weighted by atomic mass is 16.5. The Morgan fingerprint density at radius 3 is 2.68 bits per heavy atom. The van der Waals surface area contributed by atoms with Crippen LogP contribution in [0.5, 0.6) is 5.75 Å². The molecule has 0 amide bonds. The first-order valence-electron chi connectivity index (χ1n) is 7.43. The molecule has 0 saturated heterocycles. The van der Waals surface area contributed by atoms with Gasteiger partial charge in [-0.1, -0.05) is 24.3 Å². The van der Waals surface area contributed by atoms with Gasteiger partial charge in [-0.3, -0.25) is 0 Å². The largest absolute Gasteiger partial charge is 0.497 e. The molecule has 0 saturated carbocycles. The number of aromatic nitrogens is 2. The first-order valence-corrected chi connectivity index (χ1v) is 7.43. The van der Waals surface area contributed by atoms with E-state index in [2.05, 4.69) is 47.8 Å². The molecule has 22 heavy (non-hydrogen) atoms. The molecule has 0 atom stereocenters. The maximum atomic E-state index is 5.34. The Balaban J connectivity index is 2.12. The number of methoxy groups -OCH3 is 1. The van der Waals surface area contributed by atoms with Crippen molar-refractivity contribution >= 4 is 11.0 Å². The van der Waals surface area contributed by atoms with E-state index in [1.54, 1.807) is 7.11 Å². The molecule has 0 spiro atoms. The van der Waals surface area contributed by atoms with Gasteiger partial charge in [0.1, 0.15) is 11.6 Å². The van der Waals surface area contributed by atoms with Crippen molar-refractivity contribution in [1.82, 2.24) is 14.5 Å². The van der Waals surface area contributed by atoms with Crippen LogP contribution in [0.4, 0.5) is 0 Å². The van der Waals surface area contributed by atoms with Crippen LogP contribution in [0.2, 0.25) is 0 Å². The molecule has 0 N–H and O–H groups in total. The zero-order chi connectivity index (χ0) is 15.5. The van der Waals surface area contributed by atoms with Crippen molar-refractivity contribution in [2.75, 3.05) is 27.7 Å². The number of fused-ring (bicyclic) bond motifs is 1. The lowest BCUT2D eigenvalue weighted by molar-refractivity contribution is 0.387. The molecule has 2 aromatic carbocycles. The Morgan fingerprint density at radius 2 is 1.91 bits per heavy atom. The normalized spacial score (nSPS) is 11.3. The summed E-state index contributed by atoms with van der Waals surface area (Å²) in [6.07, 6.45) is 0. The fourth-order valence-electron chi connectivity index (χ4n) is 2.58. The van der Waals surface area contributed by atoms with Gasteiger partial charge >= 0.3 is 0 Å². The van der Waals surface area contributed by atoms with Crippen LogP contribution in [0.25, 0.3) is 22.4 Å². The van der Waals surface area contributed by atoms with Crippen LogP contribution in [-0.2, 0) is 6.54 Å². The van der Waals surface area contributed by atoms with Gasteiger partial charge in [0.25, 0.3) is 0 Å². The molecule has 0 bridgehead atoms. The highest BCUT2D eigenvalue weighted by Crippen LogP contribution is 2.27.